The standard InChI is InChI=1S/C14H23NO3/c1-3-8-16-9-10-18-14-12(11-15)6-5-7-13(14)17-4-2/h5-7H,3-4,8-11,15H2,1-2H3. The first kappa shape index (κ1) is 14.8. The Bertz CT molecular complexity index is 342. The minimum atomic E-state index is 0.437. The summed E-state index contributed by atoms with van der Waals surface area (Å²) >= 11 is 0. The lowest BCUT2D eigenvalue weighted by molar-refractivity contribution is 0.0988. The highest BCUT2D eigenvalue weighted by molar-refractivity contribution is 5.46. The van der Waals surface area contributed by atoms with Crippen LogP contribution in [0.1, 0.15) is 25.8 Å². The molecule has 0 spiro atoms. The molecule has 0 aliphatic heterocycles. The van der Waals surface area contributed by atoms with Gasteiger partial charge in [-0.1, -0.05) is 19.1 Å². The van der Waals surface area contributed by atoms with Crippen molar-refractivity contribution in [2.45, 2.75) is 26.8 Å². The van der Waals surface area contributed by atoms with Crippen molar-refractivity contribution < 1.29 is 14.2 Å². The molecule has 0 aliphatic rings. The first-order valence-corrected chi connectivity index (χ1v) is 6.48. The van der Waals surface area contributed by atoms with Crippen LogP contribution < -0.4 is 15.2 Å². The van der Waals surface area contributed by atoms with Crippen molar-refractivity contribution in [1.82, 2.24) is 0 Å². The van der Waals surface area contributed by atoms with Crippen molar-refractivity contribution in [3.63, 3.8) is 0 Å². The molecule has 0 heterocycles. The van der Waals surface area contributed by atoms with E-state index in [1.807, 2.05) is 25.1 Å². The molecule has 0 aromatic heterocycles. The van der Waals surface area contributed by atoms with Crippen LogP contribution in [-0.2, 0) is 11.3 Å². The van der Waals surface area contributed by atoms with Gasteiger partial charge in [0.05, 0.1) is 13.2 Å². The molecule has 1 aromatic carbocycles. The monoisotopic (exact) mass is 253 g/mol. The molecule has 0 fully saturated rings. The first-order valence-electron chi connectivity index (χ1n) is 6.48. The van der Waals surface area contributed by atoms with E-state index in [4.69, 9.17) is 19.9 Å². The molecule has 4 heteroatoms. The van der Waals surface area contributed by atoms with Crippen LogP contribution in [0.15, 0.2) is 18.2 Å². The lowest BCUT2D eigenvalue weighted by atomic mass is 10.2. The number of rotatable bonds is 9. The van der Waals surface area contributed by atoms with Crippen molar-refractivity contribution in [3.8, 4) is 11.5 Å². The number of hydrogen-bond acceptors (Lipinski definition) is 4. The molecule has 0 saturated heterocycles. The van der Waals surface area contributed by atoms with E-state index in [2.05, 4.69) is 6.92 Å². The van der Waals surface area contributed by atoms with E-state index in [1.54, 1.807) is 0 Å². The molecule has 0 bridgehead atoms. The molecule has 0 radical (unpaired) electrons. The Balaban J connectivity index is 2.60. The van der Waals surface area contributed by atoms with Crippen molar-refractivity contribution >= 4 is 0 Å². The van der Waals surface area contributed by atoms with E-state index in [0.717, 1.165) is 30.1 Å². The van der Waals surface area contributed by atoms with Crippen LogP contribution in [0, 0.1) is 0 Å². The van der Waals surface area contributed by atoms with Crippen molar-refractivity contribution in [3.05, 3.63) is 23.8 Å². The fraction of sp³-hybridized carbons (Fsp3) is 0.571. The number of hydrogen-bond donors (Lipinski definition) is 1. The van der Waals surface area contributed by atoms with Crippen molar-refractivity contribution in [2.75, 3.05) is 26.4 Å². The van der Waals surface area contributed by atoms with Gasteiger partial charge in [0, 0.05) is 18.7 Å². The Morgan fingerprint density at radius 3 is 2.56 bits per heavy atom. The largest absolute Gasteiger partial charge is 0.490 e. The average molecular weight is 253 g/mol. The Kier molecular flexibility index (Phi) is 7.22. The molecule has 0 saturated carbocycles. The fourth-order valence-electron chi connectivity index (χ4n) is 1.60. The van der Waals surface area contributed by atoms with E-state index in [0.29, 0.717) is 26.4 Å². The van der Waals surface area contributed by atoms with Crippen LogP contribution in [-0.4, -0.2) is 26.4 Å². The first-order chi connectivity index (χ1) is 8.83. The van der Waals surface area contributed by atoms with Gasteiger partial charge >= 0.3 is 0 Å². The molecule has 2 N–H and O–H groups in total. The summed E-state index contributed by atoms with van der Waals surface area (Å²) in [5.74, 6) is 1.48. The topological polar surface area (TPSA) is 53.7 Å². The number of para-hydroxylation sites is 1. The van der Waals surface area contributed by atoms with Gasteiger partial charge in [-0.25, -0.2) is 0 Å². The zero-order valence-corrected chi connectivity index (χ0v) is 11.3. The van der Waals surface area contributed by atoms with Crippen LogP contribution in [0.4, 0.5) is 0 Å². The third-order valence-electron chi connectivity index (χ3n) is 2.40. The van der Waals surface area contributed by atoms with Gasteiger partial charge in [0.25, 0.3) is 0 Å². The highest BCUT2D eigenvalue weighted by Crippen LogP contribution is 2.31. The van der Waals surface area contributed by atoms with Crippen LogP contribution in [0.25, 0.3) is 0 Å². The summed E-state index contributed by atoms with van der Waals surface area (Å²) < 4.78 is 16.6. The summed E-state index contributed by atoms with van der Waals surface area (Å²) in [7, 11) is 0. The Hall–Kier alpha value is -1.26. The maximum absolute atomic E-state index is 5.73. The van der Waals surface area contributed by atoms with Crippen molar-refractivity contribution in [2.24, 2.45) is 5.73 Å². The van der Waals surface area contributed by atoms with E-state index in [9.17, 15) is 0 Å². The zero-order valence-electron chi connectivity index (χ0n) is 11.3. The van der Waals surface area contributed by atoms with Gasteiger partial charge in [0.15, 0.2) is 11.5 Å². The predicted molar refractivity (Wildman–Crippen MR) is 72.1 cm³/mol. The van der Waals surface area contributed by atoms with Gasteiger partial charge in [0.1, 0.15) is 6.61 Å². The van der Waals surface area contributed by atoms with Crippen LogP contribution in [0.5, 0.6) is 11.5 Å². The van der Waals surface area contributed by atoms with Gasteiger partial charge < -0.3 is 19.9 Å². The minimum absolute atomic E-state index is 0.437. The average Bonchev–Trinajstić information content (AvgIpc) is 2.40. The normalized spacial score (nSPS) is 10.4. The number of nitrogens with two attached hydrogens (primary N) is 1. The van der Waals surface area contributed by atoms with Gasteiger partial charge in [-0.05, 0) is 19.4 Å². The molecule has 102 valence electrons. The highest BCUT2D eigenvalue weighted by Gasteiger charge is 2.09. The molecule has 0 aliphatic carbocycles. The molecule has 0 amide bonds. The molecule has 4 nitrogen and oxygen atoms in total. The smallest absolute Gasteiger partial charge is 0.165 e. The van der Waals surface area contributed by atoms with Gasteiger partial charge in [0.2, 0.25) is 0 Å². The quantitative estimate of drug-likeness (QED) is 0.686. The Morgan fingerprint density at radius 1 is 1.06 bits per heavy atom. The molecular formula is C14H23NO3. The predicted octanol–water partition coefficient (Wildman–Crippen LogP) is 2.35. The molecular weight excluding hydrogens is 230 g/mol. The van der Waals surface area contributed by atoms with Gasteiger partial charge in [-0.2, -0.15) is 0 Å². The summed E-state index contributed by atoms with van der Waals surface area (Å²) in [6.07, 6.45) is 1.02. The van der Waals surface area contributed by atoms with Crippen molar-refractivity contribution in [1.29, 1.82) is 0 Å². The summed E-state index contributed by atoms with van der Waals surface area (Å²) in [6, 6.07) is 5.77. The molecule has 1 aromatic rings. The Morgan fingerprint density at radius 2 is 1.89 bits per heavy atom. The minimum Gasteiger partial charge on any atom is -0.490 e. The second-order valence-corrected chi connectivity index (χ2v) is 3.84. The summed E-state index contributed by atoms with van der Waals surface area (Å²) in [5.41, 5.74) is 6.66. The molecule has 0 unspecified atom stereocenters. The van der Waals surface area contributed by atoms with E-state index < -0.39 is 0 Å². The summed E-state index contributed by atoms with van der Waals surface area (Å²) in [4.78, 5) is 0. The van der Waals surface area contributed by atoms with E-state index >= 15 is 0 Å². The SMILES string of the molecule is CCCOCCOc1c(CN)cccc1OCC. The third-order valence-corrected chi connectivity index (χ3v) is 2.40. The van der Waals surface area contributed by atoms with E-state index in [-0.39, 0.29) is 0 Å². The molecule has 1 rings (SSSR count). The van der Waals surface area contributed by atoms with E-state index in [1.165, 1.54) is 0 Å². The molecule has 18 heavy (non-hydrogen) atoms. The lowest BCUT2D eigenvalue weighted by Crippen LogP contribution is -2.10. The third kappa shape index (κ3) is 4.55. The second kappa shape index (κ2) is 8.78. The second-order valence-electron chi connectivity index (χ2n) is 3.84. The maximum Gasteiger partial charge on any atom is 0.165 e. The molecule has 0 atom stereocenters. The maximum atomic E-state index is 5.73. The van der Waals surface area contributed by atoms with Crippen LogP contribution in [0.3, 0.4) is 0 Å². The number of benzene rings is 1. The highest BCUT2D eigenvalue weighted by atomic mass is 16.5. The Labute approximate surface area is 109 Å². The van der Waals surface area contributed by atoms with Gasteiger partial charge in [-0.15, -0.1) is 0 Å². The number of ether oxygens (including phenoxy) is 3. The van der Waals surface area contributed by atoms with Crippen LogP contribution in [0.2, 0.25) is 0 Å². The zero-order chi connectivity index (χ0) is 13.2. The van der Waals surface area contributed by atoms with Gasteiger partial charge in [-0.3, -0.25) is 0 Å². The lowest BCUT2D eigenvalue weighted by Gasteiger charge is -2.15. The summed E-state index contributed by atoms with van der Waals surface area (Å²) in [6.45, 7) is 6.93. The fourth-order valence-corrected chi connectivity index (χ4v) is 1.60. The summed E-state index contributed by atoms with van der Waals surface area (Å²) in [5, 5.41) is 0. The van der Waals surface area contributed by atoms with Crippen LogP contribution >= 0.6 is 0 Å².